The summed E-state index contributed by atoms with van der Waals surface area (Å²) in [7, 11) is 1.29. The molecule has 0 atom stereocenters. The van der Waals surface area contributed by atoms with Gasteiger partial charge in [-0.25, -0.2) is 0 Å². The van der Waals surface area contributed by atoms with Gasteiger partial charge in [0.2, 0.25) is 0 Å². The molecule has 70 valence electrons. The molecule has 0 amide bonds. The molecule has 0 saturated carbocycles. The maximum absolute atomic E-state index is 10.6. The van der Waals surface area contributed by atoms with E-state index in [2.05, 4.69) is 14.7 Å². The SMILES string of the molecule is COc1nc(C(=N)[O-])c(C(=N)[O-])[nH]1. The Kier molecular flexibility index (Phi) is 2.18. The van der Waals surface area contributed by atoms with E-state index in [1.54, 1.807) is 0 Å². The third-order valence-corrected chi connectivity index (χ3v) is 1.32. The van der Waals surface area contributed by atoms with E-state index in [0.29, 0.717) is 0 Å². The maximum atomic E-state index is 10.6. The number of aromatic amines is 1. The number of ether oxygens (including phenoxy) is 1. The summed E-state index contributed by atoms with van der Waals surface area (Å²) in [5.74, 6) is -2.23. The number of nitrogens with zero attached hydrogens (tertiary/aromatic N) is 1. The normalized spacial score (nSPS) is 9.62. The first-order valence-corrected chi connectivity index (χ1v) is 3.22. The van der Waals surface area contributed by atoms with Gasteiger partial charge in [-0.15, -0.1) is 0 Å². The first kappa shape index (κ1) is 9.04. The van der Waals surface area contributed by atoms with Crippen molar-refractivity contribution in [3.05, 3.63) is 11.4 Å². The summed E-state index contributed by atoms with van der Waals surface area (Å²) in [6.07, 6.45) is 0. The average molecular weight is 182 g/mol. The van der Waals surface area contributed by atoms with E-state index >= 15 is 0 Å². The van der Waals surface area contributed by atoms with Gasteiger partial charge in [0.05, 0.1) is 12.8 Å². The van der Waals surface area contributed by atoms with Crippen LogP contribution in [0.2, 0.25) is 0 Å². The van der Waals surface area contributed by atoms with Crippen LogP contribution in [0.25, 0.3) is 0 Å². The number of aromatic nitrogens is 2. The zero-order valence-corrected chi connectivity index (χ0v) is 6.67. The molecule has 0 aliphatic heterocycles. The first-order valence-electron chi connectivity index (χ1n) is 3.22. The lowest BCUT2D eigenvalue weighted by atomic mass is 10.3. The van der Waals surface area contributed by atoms with Gasteiger partial charge in [0.25, 0.3) is 6.01 Å². The van der Waals surface area contributed by atoms with Crippen molar-refractivity contribution < 1.29 is 14.9 Å². The van der Waals surface area contributed by atoms with Crippen LogP contribution in [0.4, 0.5) is 0 Å². The summed E-state index contributed by atoms with van der Waals surface area (Å²) >= 11 is 0. The van der Waals surface area contributed by atoms with E-state index in [-0.39, 0.29) is 11.7 Å². The van der Waals surface area contributed by atoms with Gasteiger partial charge in [-0.3, -0.25) is 0 Å². The van der Waals surface area contributed by atoms with Crippen molar-refractivity contribution in [2.75, 3.05) is 7.11 Å². The third kappa shape index (κ3) is 1.58. The smallest absolute Gasteiger partial charge is 0.294 e. The zero-order chi connectivity index (χ0) is 10.0. The van der Waals surface area contributed by atoms with E-state index in [9.17, 15) is 10.2 Å². The first-order chi connectivity index (χ1) is 6.06. The van der Waals surface area contributed by atoms with Crippen molar-refractivity contribution in [2.24, 2.45) is 0 Å². The van der Waals surface area contributed by atoms with Gasteiger partial charge in [-0.05, 0) is 0 Å². The topological polar surface area (TPSA) is 132 Å². The molecule has 7 heteroatoms. The molecule has 1 rings (SSSR count). The van der Waals surface area contributed by atoms with Gasteiger partial charge in [0.15, 0.2) is 0 Å². The van der Waals surface area contributed by atoms with Gasteiger partial charge < -0.3 is 30.8 Å². The molecule has 0 saturated heterocycles. The van der Waals surface area contributed by atoms with Crippen LogP contribution < -0.4 is 14.9 Å². The Balaban J connectivity index is 3.23. The molecule has 0 unspecified atom stereocenters. The molecule has 0 radical (unpaired) electrons. The highest BCUT2D eigenvalue weighted by Crippen LogP contribution is 2.09. The van der Waals surface area contributed by atoms with E-state index in [1.807, 2.05) is 0 Å². The van der Waals surface area contributed by atoms with Crippen LogP contribution in [0.15, 0.2) is 0 Å². The van der Waals surface area contributed by atoms with Crippen LogP contribution >= 0.6 is 0 Å². The Bertz CT molecular complexity index is 325. The minimum absolute atomic E-state index is 0.0637. The molecular formula is C6H6N4O3-2. The predicted molar refractivity (Wildman–Crippen MR) is 38.8 cm³/mol. The van der Waals surface area contributed by atoms with E-state index in [0.717, 1.165) is 0 Å². The lowest BCUT2D eigenvalue weighted by molar-refractivity contribution is -0.218. The van der Waals surface area contributed by atoms with Crippen molar-refractivity contribution in [1.82, 2.24) is 9.97 Å². The summed E-state index contributed by atoms with van der Waals surface area (Å²) < 4.78 is 4.60. The number of H-pyrrole nitrogens is 1. The van der Waals surface area contributed by atoms with Crippen LogP contribution in [0.3, 0.4) is 0 Å². The third-order valence-electron chi connectivity index (χ3n) is 1.32. The molecule has 0 aromatic carbocycles. The summed E-state index contributed by atoms with van der Waals surface area (Å²) in [4.78, 5) is 5.79. The van der Waals surface area contributed by atoms with Crippen LogP contribution in [0.1, 0.15) is 11.4 Å². The standard InChI is InChI=1S/C6H8N4O3/c1-13-6-9-2(4(7)11)3(10-6)5(8)12/h1H3,(H2,7,11)(H2,8,12)(H,9,10)/p-2. The molecule has 1 heterocycles. The summed E-state index contributed by atoms with van der Waals surface area (Å²) in [6.45, 7) is 0. The average Bonchev–Trinajstić information content (AvgIpc) is 2.47. The van der Waals surface area contributed by atoms with Gasteiger partial charge in [-0.1, -0.05) is 0 Å². The summed E-state index contributed by atoms with van der Waals surface area (Å²) in [6, 6.07) is -0.0637. The van der Waals surface area contributed by atoms with Gasteiger partial charge in [0.1, 0.15) is 5.69 Å². The second kappa shape index (κ2) is 3.13. The van der Waals surface area contributed by atoms with Crippen LogP contribution in [0.5, 0.6) is 6.01 Å². The highest BCUT2D eigenvalue weighted by molar-refractivity contribution is 5.99. The Morgan fingerprint density at radius 3 is 2.31 bits per heavy atom. The molecule has 1 aromatic heterocycles. The van der Waals surface area contributed by atoms with E-state index < -0.39 is 17.5 Å². The van der Waals surface area contributed by atoms with Gasteiger partial charge >= 0.3 is 0 Å². The Morgan fingerprint density at radius 2 is 2.00 bits per heavy atom. The molecule has 0 aliphatic carbocycles. The number of imidazole rings is 1. The fraction of sp³-hybridized carbons (Fsp3) is 0.167. The number of rotatable bonds is 3. The lowest BCUT2D eigenvalue weighted by Gasteiger charge is -2.09. The second-order valence-corrected chi connectivity index (χ2v) is 2.13. The van der Waals surface area contributed by atoms with Crippen molar-refractivity contribution in [3.63, 3.8) is 0 Å². The monoisotopic (exact) mass is 182 g/mol. The highest BCUT2D eigenvalue weighted by atomic mass is 16.5. The Labute approximate surface area is 73.0 Å². The molecule has 0 bridgehead atoms. The molecular weight excluding hydrogens is 176 g/mol. The fourth-order valence-electron chi connectivity index (χ4n) is 0.777. The molecule has 7 nitrogen and oxygen atoms in total. The summed E-state index contributed by atoms with van der Waals surface area (Å²) in [5.41, 5.74) is -0.714. The number of nitrogens with one attached hydrogen (secondary N) is 3. The highest BCUT2D eigenvalue weighted by Gasteiger charge is 2.08. The molecule has 0 aliphatic rings. The van der Waals surface area contributed by atoms with Crippen LogP contribution in [-0.4, -0.2) is 28.9 Å². The van der Waals surface area contributed by atoms with E-state index in [1.165, 1.54) is 7.11 Å². The predicted octanol–water partition coefficient (Wildman–Crippen LogP) is -2.21. The van der Waals surface area contributed by atoms with Gasteiger partial charge in [-0.2, -0.15) is 4.98 Å². The minimum atomic E-state index is -1.13. The zero-order valence-electron chi connectivity index (χ0n) is 6.67. The molecule has 0 fully saturated rings. The molecule has 13 heavy (non-hydrogen) atoms. The minimum Gasteiger partial charge on any atom is -0.858 e. The molecule has 3 N–H and O–H groups in total. The van der Waals surface area contributed by atoms with Crippen molar-refractivity contribution in [3.8, 4) is 6.01 Å². The summed E-state index contributed by atoms with van der Waals surface area (Å²) in [5, 5.41) is 34.7. The largest absolute Gasteiger partial charge is 0.858 e. The second-order valence-electron chi connectivity index (χ2n) is 2.13. The van der Waals surface area contributed by atoms with Crippen molar-refractivity contribution in [2.45, 2.75) is 0 Å². The number of hydrogen-bond acceptors (Lipinski definition) is 6. The number of methoxy groups -OCH3 is 1. The Hall–Kier alpha value is -2.05. The van der Waals surface area contributed by atoms with Gasteiger partial charge in [0, 0.05) is 11.8 Å². The number of hydrogen-bond donors (Lipinski definition) is 3. The Morgan fingerprint density at radius 1 is 1.38 bits per heavy atom. The molecule has 1 aromatic rings. The molecule has 0 spiro atoms. The van der Waals surface area contributed by atoms with Crippen molar-refractivity contribution >= 4 is 11.8 Å². The lowest BCUT2D eigenvalue weighted by Crippen LogP contribution is -2.25. The van der Waals surface area contributed by atoms with E-state index in [4.69, 9.17) is 10.8 Å². The quantitative estimate of drug-likeness (QED) is 0.361. The fourth-order valence-corrected chi connectivity index (χ4v) is 0.777. The van der Waals surface area contributed by atoms with Crippen LogP contribution in [-0.2, 0) is 0 Å². The van der Waals surface area contributed by atoms with Crippen LogP contribution in [0, 0.1) is 10.8 Å². The van der Waals surface area contributed by atoms with Crippen molar-refractivity contribution in [1.29, 1.82) is 10.8 Å². The maximum Gasteiger partial charge on any atom is 0.294 e.